The van der Waals surface area contributed by atoms with Crippen LogP contribution in [0.5, 0.6) is 0 Å². The zero-order chi connectivity index (χ0) is 11.5. The summed E-state index contributed by atoms with van der Waals surface area (Å²) in [4.78, 5) is 14.3. The minimum absolute atomic E-state index is 0.161. The molecule has 2 aliphatic rings. The quantitative estimate of drug-likeness (QED) is 0.728. The van der Waals surface area contributed by atoms with Crippen molar-refractivity contribution >= 4 is 33.6 Å². The summed E-state index contributed by atoms with van der Waals surface area (Å²) in [7, 11) is 0. The van der Waals surface area contributed by atoms with Crippen LogP contribution in [0.25, 0.3) is 0 Å². The van der Waals surface area contributed by atoms with E-state index in [1.807, 2.05) is 16.7 Å². The molecule has 0 aliphatic carbocycles. The maximum atomic E-state index is 12.3. The van der Waals surface area contributed by atoms with Crippen LogP contribution in [-0.2, 0) is 9.53 Å². The minimum atomic E-state index is 0.161. The normalized spacial score (nSPS) is 35.4. The Morgan fingerprint density at radius 3 is 3.06 bits per heavy atom. The fourth-order valence-electron chi connectivity index (χ4n) is 2.18. The molecule has 5 heteroatoms. The summed E-state index contributed by atoms with van der Waals surface area (Å²) >= 11 is 5.32. The van der Waals surface area contributed by atoms with E-state index in [2.05, 4.69) is 22.9 Å². The molecule has 0 N–H and O–H groups in total. The van der Waals surface area contributed by atoms with E-state index in [0.29, 0.717) is 12.5 Å². The van der Waals surface area contributed by atoms with E-state index in [0.717, 1.165) is 29.8 Å². The van der Waals surface area contributed by atoms with Crippen molar-refractivity contribution in [3.05, 3.63) is 0 Å². The number of morpholine rings is 1. The van der Waals surface area contributed by atoms with Gasteiger partial charge in [-0.2, -0.15) is 11.8 Å². The molecule has 0 spiro atoms. The van der Waals surface area contributed by atoms with E-state index in [1.165, 1.54) is 0 Å². The van der Waals surface area contributed by atoms with Gasteiger partial charge in [-0.15, -0.1) is 0 Å². The molecule has 2 saturated heterocycles. The van der Waals surface area contributed by atoms with Gasteiger partial charge in [0.1, 0.15) is 0 Å². The van der Waals surface area contributed by atoms with Crippen molar-refractivity contribution in [2.45, 2.75) is 25.5 Å². The first kappa shape index (κ1) is 12.7. The van der Waals surface area contributed by atoms with Crippen molar-refractivity contribution in [1.82, 2.24) is 4.90 Å². The van der Waals surface area contributed by atoms with Gasteiger partial charge in [-0.25, -0.2) is 0 Å². The van der Waals surface area contributed by atoms with E-state index in [4.69, 9.17) is 4.74 Å². The summed E-state index contributed by atoms with van der Waals surface area (Å²) in [6, 6.07) is 0.230. The number of hydrogen-bond acceptors (Lipinski definition) is 3. The Morgan fingerprint density at radius 1 is 1.62 bits per heavy atom. The Kier molecular flexibility index (Phi) is 4.56. The molecule has 0 bridgehead atoms. The van der Waals surface area contributed by atoms with Crippen LogP contribution < -0.4 is 0 Å². The lowest BCUT2D eigenvalue weighted by molar-refractivity contribution is -0.146. The average Bonchev–Trinajstić information content (AvgIpc) is 2.82. The third-order valence-corrected chi connectivity index (χ3v) is 5.12. The molecule has 0 radical (unpaired) electrons. The van der Waals surface area contributed by atoms with Crippen LogP contribution in [0.2, 0.25) is 0 Å². The lowest BCUT2D eigenvalue weighted by Crippen LogP contribution is -2.53. The maximum Gasteiger partial charge on any atom is 0.226 e. The van der Waals surface area contributed by atoms with E-state index in [-0.39, 0.29) is 18.1 Å². The highest BCUT2D eigenvalue weighted by Crippen LogP contribution is 2.27. The molecule has 1 amide bonds. The summed E-state index contributed by atoms with van der Waals surface area (Å²) in [5.41, 5.74) is 0. The number of hydrogen-bond donors (Lipinski definition) is 0. The molecule has 2 heterocycles. The molecule has 0 aromatic carbocycles. The summed E-state index contributed by atoms with van der Waals surface area (Å²) in [6.45, 7) is 3.48. The van der Waals surface area contributed by atoms with Crippen molar-refractivity contribution in [2.75, 3.05) is 30.0 Å². The predicted molar refractivity (Wildman–Crippen MR) is 70.1 cm³/mol. The molecule has 3 atom stereocenters. The van der Waals surface area contributed by atoms with Crippen LogP contribution in [0.15, 0.2) is 0 Å². The smallest absolute Gasteiger partial charge is 0.226 e. The SMILES string of the molecule is CC1COC(CBr)CN1C(=O)C1CCSC1. The second-order valence-corrected chi connectivity index (χ2v) is 6.31. The molecule has 0 aromatic heterocycles. The maximum absolute atomic E-state index is 12.3. The molecular weight excluding hydrogens is 290 g/mol. The van der Waals surface area contributed by atoms with Crippen LogP contribution in [0.4, 0.5) is 0 Å². The molecule has 0 aromatic rings. The van der Waals surface area contributed by atoms with E-state index in [1.54, 1.807) is 0 Å². The fourth-order valence-corrected chi connectivity index (χ4v) is 3.78. The van der Waals surface area contributed by atoms with Crippen LogP contribution in [0.3, 0.4) is 0 Å². The Balaban J connectivity index is 1.97. The number of rotatable bonds is 2. The highest BCUT2D eigenvalue weighted by molar-refractivity contribution is 9.09. The van der Waals surface area contributed by atoms with Gasteiger partial charge < -0.3 is 9.64 Å². The minimum Gasteiger partial charge on any atom is -0.373 e. The summed E-state index contributed by atoms with van der Waals surface area (Å²) in [5.74, 6) is 2.73. The summed E-state index contributed by atoms with van der Waals surface area (Å²) in [5, 5.41) is 0.808. The number of nitrogens with zero attached hydrogens (tertiary/aromatic N) is 1. The van der Waals surface area contributed by atoms with Crippen LogP contribution >= 0.6 is 27.7 Å². The highest BCUT2D eigenvalue weighted by atomic mass is 79.9. The second kappa shape index (κ2) is 5.74. The van der Waals surface area contributed by atoms with Gasteiger partial charge in [0.15, 0.2) is 0 Å². The number of alkyl halides is 1. The lowest BCUT2D eigenvalue weighted by Gasteiger charge is -2.38. The zero-order valence-corrected chi connectivity index (χ0v) is 11.9. The first-order chi connectivity index (χ1) is 7.72. The van der Waals surface area contributed by atoms with Gasteiger partial charge in [0.2, 0.25) is 5.91 Å². The zero-order valence-electron chi connectivity index (χ0n) is 9.52. The van der Waals surface area contributed by atoms with Crippen LogP contribution in [0.1, 0.15) is 13.3 Å². The van der Waals surface area contributed by atoms with Crippen LogP contribution in [-0.4, -0.2) is 52.9 Å². The predicted octanol–water partition coefficient (Wildman–Crippen LogP) is 1.75. The molecule has 0 saturated carbocycles. The number of halogens is 1. The summed E-state index contributed by atoms with van der Waals surface area (Å²) < 4.78 is 5.64. The molecule has 2 rings (SSSR count). The first-order valence-corrected chi connectivity index (χ1v) is 8.05. The molecule has 2 aliphatic heterocycles. The molecule has 3 unspecified atom stereocenters. The van der Waals surface area contributed by atoms with Crippen molar-refractivity contribution in [3.8, 4) is 0 Å². The van der Waals surface area contributed by atoms with E-state index in [9.17, 15) is 4.79 Å². The number of ether oxygens (including phenoxy) is 1. The third kappa shape index (κ3) is 2.74. The highest BCUT2D eigenvalue weighted by Gasteiger charge is 2.34. The number of carbonyl (C=O) groups excluding carboxylic acids is 1. The Morgan fingerprint density at radius 2 is 2.44 bits per heavy atom. The van der Waals surface area contributed by atoms with E-state index >= 15 is 0 Å². The first-order valence-electron chi connectivity index (χ1n) is 5.78. The van der Waals surface area contributed by atoms with Gasteiger partial charge in [0.25, 0.3) is 0 Å². The Bertz CT molecular complexity index is 258. The second-order valence-electron chi connectivity index (χ2n) is 4.51. The van der Waals surface area contributed by atoms with Gasteiger partial charge in [0.05, 0.1) is 18.8 Å². The topological polar surface area (TPSA) is 29.5 Å². The van der Waals surface area contributed by atoms with E-state index < -0.39 is 0 Å². The molecule has 16 heavy (non-hydrogen) atoms. The van der Waals surface area contributed by atoms with Crippen molar-refractivity contribution in [2.24, 2.45) is 5.92 Å². The standard InChI is InChI=1S/C11H18BrNO2S/c1-8-6-15-10(4-12)5-13(8)11(14)9-2-3-16-7-9/h8-10H,2-7H2,1H3. The van der Waals surface area contributed by atoms with Crippen molar-refractivity contribution in [3.63, 3.8) is 0 Å². The number of amides is 1. The van der Waals surface area contributed by atoms with Gasteiger partial charge >= 0.3 is 0 Å². The van der Waals surface area contributed by atoms with Gasteiger partial charge in [-0.1, -0.05) is 15.9 Å². The van der Waals surface area contributed by atoms with Gasteiger partial charge in [-0.3, -0.25) is 4.79 Å². The average molecular weight is 308 g/mol. The summed E-state index contributed by atoms with van der Waals surface area (Å²) in [6.07, 6.45) is 1.21. The number of thioether (sulfide) groups is 1. The fraction of sp³-hybridized carbons (Fsp3) is 0.909. The molecule has 2 fully saturated rings. The molecular formula is C11H18BrNO2S. The van der Waals surface area contributed by atoms with Crippen molar-refractivity contribution in [1.29, 1.82) is 0 Å². The lowest BCUT2D eigenvalue weighted by atomic mass is 10.1. The van der Waals surface area contributed by atoms with Gasteiger partial charge in [-0.05, 0) is 19.1 Å². The number of carbonyl (C=O) groups is 1. The largest absolute Gasteiger partial charge is 0.373 e. The third-order valence-electron chi connectivity index (χ3n) is 3.24. The van der Waals surface area contributed by atoms with Crippen molar-refractivity contribution < 1.29 is 9.53 Å². The molecule has 92 valence electrons. The molecule has 3 nitrogen and oxygen atoms in total. The Labute approximate surface area is 109 Å². The van der Waals surface area contributed by atoms with Crippen LogP contribution in [0, 0.1) is 5.92 Å². The Hall–Kier alpha value is 0.260. The van der Waals surface area contributed by atoms with Gasteiger partial charge in [0, 0.05) is 23.5 Å². The monoisotopic (exact) mass is 307 g/mol.